The predicted octanol–water partition coefficient (Wildman–Crippen LogP) is 3.33. The van der Waals surface area contributed by atoms with Crippen LogP contribution >= 0.6 is 0 Å². The Hall–Kier alpha value is -1.84. The van der Waals surface area contributed by atoms with E-state index in [2.05, 4.69) is 13.5 Å². The Balaban J connectivity index is 2.67. The van der Waals surface area contributed by atoms with Crippen molar-refractivity contribution in [3.63, 3.8) is 0 Å². The fourth-order valence-corrected chi connectivity index (χ4v) is 1.33. The van der Waals surface area contributed by atoms with Gasteiger partial charge in [-0.05, 0) is 18.6 Å². The molecule has 0 radical (unpaired) electrons. The highest BCUT2D eigenvalue weighted by atomic mass is 16.6. The first-order valence-electron chi connectivity index (χ1n) is 5.21. The van der Waals surface area contributed by atoms with Gasteiger partial charge in [0.2, 0.25) is 0 Å². The zero-order chi connectivity index (χ0) is 12.0. The molecule has 0 saturated carbocycles. The van der Waals surface area contributed by atoms with E-state index in [4.69, 9.17) is 4.74 Å². The van der Waals surface area contributed by atoms with Gasteiger partial charge in [-0.3, -0.25) is 10.1 Å². The van der Waals surface area contributed by atoms with Gasteiger partial charge in [0.25, 0.3) is 5.69 Å². The van der Waals surface area contributed by atoms with Gasteiger partial charge in [-0.25, -0.2) is 0 Å². The number of nitro groups is 1. The van der Waals surface area contributed by atoms with Crippen LogP contribution in [0.15, 0.2) is 36.9 Å². The molecule has 0 N–H and O–H groups in total. The Kier molecular flexibility index (Phi) is 4.51. The van der Waals surface area contributed by atoms with Crippen molar-refractivity contribution < 1.29 is 9.66 Å². The third-order valence-electron chi connectivity index (χ3n) is 2.17. The molecule has 0 aliphatic heterocycles. The van der Waals surface area contributed by atoms with Crippen molar-refractivity contribution in [2.75, 3.05) is 0 Å². The molecular weight excluding hydrogens is 206 g/mol. The van der Waals surface area contributed by atoms with E-state index in [9.17, 15) is 10.1 Å². The first-order chi connectivity index (χ1) is 7.67. The molecule has 86 valence electrons. The monoisotopic (exact) mass is 221 g/mol. The Morgan fingerprint density at radius 1 is 1.50 bits per heavy atom. The Labute approximate surface area is 94.7 Å². The quantitative estimate of drug-likeness (QED) is 0.420. The molecule has 0 fully saturated rings. The molecule has 0 saturated heterocycles. The van der Waals surface area contributed by atoms with Gasteiger partial charge in [0, 0.05) is 12.1 Å². The summed E-state index contributed by atoms with van der Waals surface area (Å²) in [5, 5.41) is 10.4. The van der Waals surface area contributed by atoms with Crippen LogP contribution in [0.4, 0.5) is 5.69 Å². The Morgan fingerprint density at radius 3 is 2.56 bits per heavy atom. The van der Waals surface area contributed by atoms with Gasteiger partial charge >= 0.3 is 0 Å². The van der Waals surface area contributed by atoms with E-state index < -0.39 is 4.92 Å². The average molecular weight is 221 g/mol. The van der Waals surface area contributed by atoms with Gasteiger partial charge in [0.1, 0.15) is 11.9 Å². The number of non-ortho nitro benzene ring substituents is 1. The van der Waals surface area contributed by atoms with Crippen LogP contribution in [0.5, 0.6) is 5.75 Å². The van der Waals surface area contributed by atoms with E-state index in [-0.39, 0.29) is 11.8 Å². The normalized spacial score (nSPS) is 11.8. The van der Waals surface area contributed by atoms with Crippen LogP contribution < -0.4 is 4.74 Å². The smallest absolute Gasteiger partial charge is 0.269 e. The fourth-order valence-electron chi connectivity index (χ4n) is 1.33. The summed E-state index contributed by atoms with van der Waals surface area (Å²) in [6.07, 6.45) is 3.60. The number of nitrogens with zero attached hydrogens (tertiary/aromatic N) is 1. The van der Waals surface area contributed by atoms with Crippen molar-refractivity contribution in [3.05, 3.63) is 47.0 Å². The molecule has 0 aliphatic carbocycles. The largest absolute Gasteiger partial charge is 0.486 e. The van der Waals surface area contributed by atoms with Crippen molar-refractivity contribution >= 4 is 5.69 Å². The summed E-state index contributed by atoms with van der Waals surface area (Å²) in [5.41, 5.74) is 0.0676. The van der Waals surface area contributed by atoms with E-state index in [0.717, 1.165) is 12.8 Å². The molecule has 1 atom stereocenters. The van der Waals surface area contributed by atoms with Crippen molar-refractivity contribution in [3.8, 4) is 5.75 Å². The summed E-state index contributed by atoms with van der Waals surface area (Å²) in [5.74, 6) is 0.629. The predicted molar refractivity (Wildman–Crippen MR) is 62.6 cm³/mol. The third kappa shape index (κ3) is 3.38. The molecule has 1 unspecified atom stereocenters. The van der Waals surface area contributed by atoms with E-state index in [0.29, 0.717) is 5.75 Å². The van der Waals surface area contributed by atoms with Gasteiger partial charge in [-0.2, -0.15) is 0 Å². The summed E-state index contributed by atoms with van der Waals surface area (Å²) >= 11 is 0. The number of benzene rings is 1. The first kappa shape index (κ1) is 12.2. The highest BCUT2D eigenvalue weighted by Gasteiger charge is 2.07. The van der Waals surface area contributed by atoms with Crippen LogP contribution in [0.2, 0.25) is 0 Å². The summed E-state index contributed by atoms with van der Waals surface area (Å²) in [7, 11) is 0. The number of nitro benzene ring substituents is 1. The molecule has 0 heterocycles. The second kappa shape index (κ2) is 5.90. The summed E-state index contributed by atoms with van der Waals surface area (Å²) < 4.78 is 5.60. The fraction of sp³-hybridized carbons (Fsp3) is 0.333. The molecule has 1 rings (SSSR count). The lowest BCUT2D eigenvalue weighted by Gasteiger charge is -2.14. The summed E-state index contributed by atoms with van der Waals surface area (Å²) in [6.45, 7) is 5.75. The molecule has 0 bridgehead atoms. The molecule has 4 nitrogen and oxygen atoms in total. The maximum Gasteiger partial charge on any atom is 0.269 e. The van der Waals surface area contributed by atoms with E-state index in [1.807, 2.05) is 0 Å². The van der Waals surface area contributed by atoms with Crippen LogP contribution in [0.3, 0.4) is 0 Å². The molecule has 1 aromatic carbocycles. The average Bonchev–Trinajstić information content (AvgIpc) is 2.29. The minimum absolute atomic E-state index is 0.0357. The topological polar surface area (TPSA) is 52.4 Å². The summed E-state index contributed by atoms with van der Waals surface area (Å²) in [6, 6.07) is 6.07. The maximum atomic E-state index is 10.4. The first-order valence-corrected chi connectivity index (χ1v) is 5.21. The van der Waals surface area contributed by atoms with Gasteiger partial charge in [0.15, 0.2) is 0 Å². The van der Waals surface area contributed by atoms with E-state index in [1.54, 1.807) is 18.2 Å². The SMILES string of the molecule is C=CC(CCC)Oc1ccc([N+](=O)[O-])cc1. The van der Waals surface area contributed by atoms with Gasteiger partial charge in [-0.1, -0.05) is 26.0 Å². The van der Waals surface area contributed by atoms with Crippen LogP contribution in [-0.2, 0) is 0 Å². The molecule has 0 spiro atoms. The van der Waals surface area contributed by atoms with Crippen LogP contribution in [0.1, 0.15) is 19.8 Å². The van der Waals surface area contributed by atoms with Crippen molar-refractivity contribution in [1.29, 1.82) is 0 Å². The molecule has 0 aromatic heterocycles. The van der Waals surface area contributed by atoms with Gasteiger partial charge in [-0.15, -0.1) is 0 Å². The van der Waals surface area contributed by atoms with E-state index in [1.165, 1.54) is 12.1 Å². The van der Waals surface area contributed by atoms with Crippen molar-refractivity contribution in [2.45, 2.75) is 25.9 Å². The number of rotatable bonds is 6. The van der Waals surface area contributed by atoms with Crippen molar-refractivity contribution in [2.24, 2.45) is 0 Å². The molecule has 0 aliphatic rings. The molecule has 16 heavy (non-hydrogen) atoms. The van der Waals surface area contributed by atoms with E-state index >= 15 is 0 Å². The lowest BCUT2D eigenvalue weighted by atomic mass is 10.2. The zero-order valence-electron chi connectivity index (χ0n) is 9.26. The second-order valence-electron chi connectivity index (χ2n) is 3.43. The highest BCUT2D eigenvalue weighted by Crippen LogP contribution is 2.19. The third-order valence-corrected chi connectivity index (χ3v) is 2.17. The van der Waals surface area contributed by atoms with Crippen molar-refractivity contribution in [1.82, 2.24) is 0 Å². The van der Waals surface area contributed by atoms with Gasteiger partial charge in [0.05, 0.1) is 4.92 Å². The van der Waals surface area contributed by atoms with Crippen LogP contribution in [0, 0.1) is 10.1 Å². The van der Waals surface area contributed by atoms with Gasteiger partial charge < -0.3 is 4.74 Å². The lowest BCUT2D eigenvalue weighted by molar-refractivity contribution is -0.384. The Bertz CT molecular complexity index is 359. The maximum absolute atomic E-state index is 10.4. The number of hydrogen-bond donors (Lipinski definition) is 0. The highest BCUT2D eigenvalue weighted by molar-refractivity contribution is 5.36. The minimum atomic E-state index is -0.430. The lowest BCUT2D eigenvalue weighted by Crippen LogP contribution is -2.12. The number of ether oxygens (including phenoxy) is 1. The van der Waals surface area contributed by atoms with Crippen LogP contribution in [-0.4, -0.2) is 11.0 Å². The minimum Gasteiger partial charge on any atom is -0.486 e. The standard InChI is InChI=1S/C12H15NO3/c1-3-5-11(4-2)16-12-8-6-10(7-9-12)13(14)15/h4,6-9,11H,2-3,5H2,1H3. The molecule has 4 heteroatoms. The second-order valence-corrected chi connectivity index (χ2v) is 3.43. The Morgan fingerprint density at radius 2 is 2.12 bits per heavy atom. The molecule has 1 aromatic rings. The summed E-state index contributed by atoms with van der Waals surface area (Å²) in [4.78, 5) is 10.0. The van der Waals surface area contributed by atoms with Crippen LogP contribution in [0.25, 0.3) is 0 Å². The molecule has 0 amide bonds. The zero-order valence-corrected chi connectivity index (χ0v) is 9.26. The molecular formula is C12H15NO3. The number of hydrogen-bond acceptors (Lipinski definition) is 3.